The van der Waals surface area contributed by atoms with Gasteiger partial charge in [-0.3, -0.25) is 0 Å². The van der Waals surface area contributed by atoms with E-state index in [1.807, 2.05) is 0 Å². The van der Waals surface area contributed by atoms with Gasteiger partial charge >= 0.3 is 11.6 Å². The summed E-state index contributed by atoms with van der Waals surface area (Å²) >= 11 is 0. The minimum absolute atomic E-state index is 1.07. The summed E-state index contributed by atoms with van der Waals surface area (Å²) in [6.07, 6.45) is 10.9. The molecule has 0 fully saturated rings. The maximum Gasteiger partial charge on any atom is 0.373 e. The first-order chi connectivity index (χ1) is 8.69. The largest absolute Gasteiger partial charge is 0.373 e. The van der Waals surface area contributed by atoms with Crippen molar-refractivity contribution in [2.24, 2.45) is 14.1 Å². The van der Waals surface area contributed by atoms with Gasteiger partial charge in [-0.1, -0.05) is 13.8 Å². The van der Waals surface area contributed by atoms with E-state index in [1.54, 1.807) is 0 Å². The average molecular weight is 248 g/mol. The van der Waals surface area contributed by atoms with Crippen LogP contribution in [0.25, 0.3) is 11.6 Å². The summed E-state index contributed by atoms with van der Waals surface area (Å²) in [6.45, 7) is 6.58. The molecule has 0 saturated carbocycles. The Kier molecular flexibility index (Phi) is 3.84. The number of hydrogen-bond donors (Lipinski definition) is 0. The van der Waals surface area contributed by atoms with Gasteiger partial charge in [0.05, 0.1) is 27.2 Å². The van der Waals surface area contributed by atoms with Crippen LogP contribution in [-0.4, -0.2) is 9.13 Å². The molecule has 0 aliphatic heterocycles. The van der Waals surface area contributed by atoms with Crippen LogP contribution in [0.4, 0.5) is 0 Å². The maximum atomic E-state index is 2.35. The Morgan fingerprint density at radius 1 is 1.06 bits per heavy atom. The van der Waals surface area contributed by atoms with Gasteiger partial charge in [-0.05, 0) is 12.8 Å². The molecule has 2 aromatic rings. The Morgan fingerprint density at radius 3 is 2.39 bits per heavy atom. The van der Waals surface area contributed by atoms with Crippen LogP contribution >= 0.6 is 0 Å². The predicted molar refractivity (Wildman–Crippen MR) is 70.8 cm³/mol. The van der Waals surface area contributed by atoms with Gasteiger partial charge in [0.25, 0.3) is 0 Å². The Bertz CT molecular complexity index is 479. The number of aromatic nitrogens is 4. The lowest BCUT2D eigenvalue weighted by molar-refractivity contribution is -0.705. The zero-order valence-electron chi connectivity index (χ0n) is 11.9. The fourth-order valence-electron chi connectivity index (χ4n) is 2.47. The van der Waals surface area contributed by atoms with E-state index in [2.05, 4.69) is 71.0 Å². The van der Waals surface area contributed by atoms with Crippen LogP contribution in [0.15, 0.2) is 24.8 Å². The molecule has 0 atom stereocenters. The molecule has 4 nitrogen and oxygen atoms in total. The number of nitrogens with zero attached hydrogens (tertiary/aromatic N) is 4. The highest BCUT2D eigenvalue weighted by Gasteiger charge is 2.29. The molecule has 0 N–H and O–H groups in total. The van der Waals surface area contributed by atoms with Crippen LogP contribution in [0.5, 0.6) is 0 Å². The third-order valence-corrected chi connectivity index (χ3v) is 3.28. The van der Waals surface area contributed by atoms with Gasteiger partial charge in [0.1, 0.15) is 24.8 Å². The molecule has 0 spiro atoms. The smallest absolute Gasteiger partial charge is 0.226 e. The molecule has 2 heterocycles. The van der Waals surface area contributed by atoms with E-state index in [0.717, 1.165) is 25.9 Å². The lowest BCUT2D eigenvalue weighted by Gasteiger charge is -2.02. The van der Waals surface area contributed by atoms with E-state index in [1.165, 1.54) is 11.6 Å². The Balaban J connectivity index is 2.55. The Labute approximate surface area is 109 Å². The number of imidazole rings is 2. The van der Waals surface area contributed by atoms with E-state index < -0.39 is 0 Å². The third-order valence-electron chi connectivity index (χ3n) is 3.28. The minimum atomic E-state index is 1.07. The second-order valence-corrected chi connectivity index (χ2v) is 4.85. The summed E-state index contributed by atoms with van der Waals surface area (Å²) < 4.78 is 9.08. The van der Waals surface area contributed by atoms with Gasteiger partial charge in [0.2, 0.25) is 0 Å². The summed E-state index contributed by atoms with van der Waals surface area (Å²) in [7, 11) is 4.21. The predicted octanol–water partition coefficient (Wildman–Crippen LogP) is 1.43. The Hall–Kier alpha value is -1.58. The van der Waals surface area contributed by atoms with Gasteiger partial charge < -0.3 is 0 Å². The molecule has 2 aromatic heterocycles. The first-order valence-corrected chi connectivity index (χ1v) is 6.78. The molecule has 0 bridgehead atoms. The first-order valence-electron chi connectivity index (χ1n) is 6.78. The van der Waals surface area contributed by atoms with Crippen molar-refractivity contribution in [3.05, 3.63) is 24.8 Å². The highest BCUT2D eigenvalue weighted by molar-refractivity contribution is 5.36. The lowest BCUT2D eigenvalue weighted by Crippen LogP contribution is -2.40. The zero-order valence-corrected chi connectivity index (χ0v) is 11.9. The monoisotopic (exact) mass is 248 g/mol. The molecule has 0 aliphatic rings. The highest BCUT2D eigenvalue weighted by atomic mass is 15.2. The van der Waals surface area contributed by atoms with Crippen LogP contribution < -0.4 is 9.13 Å². The standard InChI is InChI=1S/C14H24N4/c1-5-7-17-11-12-18(8-6-2)14(17)13-15(3)9-10-16(13)4/h9-12H,5-8H2,1-4H3/q+2. The van der Waals surface area contributed by atoms with Crippen molar-refractivity contribution in [1.82, 2.24) is 9.13 Å². The van der Waals surface area contributed by atoms with Gasteiger partial charge in [0, 0.05) is 0 Å². The van der Waals surface area contributed by atoms with Crippen molar-refractivity contribution in [2.45, 2.75) is 39.8 Å². The fourth-order valence-corrected chi connectivity index (χ4v) is 2.47. The van der Waals surface area contributed by atoms with Gasteiger partial charge in [-0.15, -0.1) is 0 Å². The molecule has 0 radical (unpaired) electrons. The second kappa shape index (κ2) is 5.38. The summed E-state index contributed by atoms with van der Waals surface area (Å²) in [5.74, 6) is 2.55. The van der Waals surface area contributed by atoms with Crippen molar-refractivity contribution in [1.29, 1.82) is 0 Å². The number of aryl methyl sites for hydroxylation is 4. The maximum absolute atomic E-state index is 2.35. The van der Waals surface area contributed by atoms with Crippen molar-refractivity contribution in [3.63, 3.8) is 0 Å². The summed E-state index contributed by atoms with van der Waals surface area (Å²) in [5.41, 5.74) is 0. The molecular weight excluding hydrogens is 224 g/mol. The van der Waals surface area contributed by atoms with Gasteiger partial charge in [-0.2, -0.15) is 0 Å². The van der Waals surface area contributed by atoms with E-state index in [9.17, 15) is 0 Å². The number of hydrogen-bond acceptors (Lipinski definition) is 0. The second-order valence-electron chi connectivity index (χ2n) is 4.85. The third kappa shape index (κ3) is 2.19. The molecule has 0 aliphatic carbocycles. The van der Waals surface area contributed by atoms with Gasteiger partial charge in [-0.25, -0.2) is 18.3 Å². The summed E-state index contributed by atoms with van der Waals surface area (Å²) in [5, 5.41) is 0. The van der Waals surface area contributed by atoms with Crippen molar-refractivity contribution in [2.75, 3.05) is 0 Å². The highest BCUT2D eigenvalue weighted by Crippen LogP contribution is 2.12. The van der Waals surface area contributed by atoms with E-state index >= 15 is 0 Å². The van der Waals surface area contributed by atoms with E-state index in [0.29, 0.717) is 0 Å². The van der Waals surface area contributed by atoms with Crippen molar-refractivity contribution < 1.29 is 9.13 Å². The van der Waals surface area contributed by atoms with Crippen LogP contribution in [0.2, 0.25) is 0 Å². The van der Waals surface area contributed by atoms with E-state index in [-0.39, 0.29) is 0 Å². The van der Waals surface area contributed by atoms with Crippen molar-refractivity contribution >= 4 is 0 Å². The molecular formula is C14H24N4+2. The zero-order chi connectivity index (χ0) is 13.1. The average Bonchev–Trinajstić information content (AvgIpc) is 2.86. The quantitative estimate of drug-likeness (QED) is 0.712. The molecule has 0 unspecified atom stereocenters. The van der Waals surface area contributed by atoms with Crippen LogP contribution in [0.1, 0.15) is 26.7 Å². The summed E-state index contributed by atoms with van der Waals surface area (Å²) in [6, 6.07) is 0. The SMILES string of the molecule is CCCn1cc[n+](CCC)c1-c1n(C)cc[n+]1C. The minimum Gasteiger partial charge on any atom is -0.226 e. The van der Waals surface area contributed by atoms with Crippen molar-refractivity contribution in [3.8, 4) is 11.6 Å². The molecule has 0 saturated heterocycles. The molecule has 2 rings (SSSR count). The fraction of sp³-hybridized carbons (Fsp3) is 0.571. The van der Waals surface area contributed by atoms with Crippen LogP contribution in [-0.2, 0) is 27.2 Å². The topological polar surface area (TPSA) is 17.6 Å². The number of rotatable bonds is 5. The molecule has 4 heteroatoms. The molecule has 0 amide bonds. The van der Waals surface area contributed by atoms with Crippen LogP contribution in [0.3, 0.4) is 0 Å². The summed E-state index contributed by atoms with van der Waals surface area (Å²) in [4.78, 5) is 0. The Morgan fingerprint density at radius 2 is 1.83 bits per heavy atom. The van der Waals surface area contributed by atoms with E-state index in [4.69, 9.17) is 0 Å². The first kappa shape index (κ1) is 12.9. The lowest BCUT2D eigenvalue weighted by atomic mass is 10.4. The normalized spacial score (nSPS) is 11.1. The van der Waals surface area contributed by atoms with Gasteiger partial charge in [0.15, 0.2) is 0 Å². The molecule has 0 aromatic carbocycles. The molecule has 18 heavy (non-hydrogen) atoms. The van der Waals surface area contributed by atoms with Crippen LogP contribution in [0, 0.1) is 0 Å². The molecule has 98 valence electrons.